The zero-order chi connectivity index (χ0) is 14.8. The van der Waals surface area contributed by atoms with Crippen LogP contribution < -0.4 is 0 Å². The van der Waals surface area contributed by atoms with Crippen LogP contribution in [0.15, 0.2) is 79.4 Å². The molecule has 3 heteroatoms. The topological polar surface area (TPSA) is 21.1 Å². The normalized spacial score (nSPS) is 18.3. The zero-order valence-electron chi connectivity index (χ0n) is 12.4. The van der Waals surface area contributed by atoms with Gasteiger partial charge in [-0.05, 0) is 17.5 Å². The lowest BCUT2D eigenvalue weighted by Gasteiger charge is -2.46. The van der Waals surface area contributed by atoms with Crippen LogP contribution in [0.5, 0.6) is 0 Å². The van der Waals surface area contributed by atoms with Crippen molar-refractivity contribution in [3.05, 3.63) is 90.5 Å². The molecule has 1 aliphatic heterocycles. The number of hydrogen-bond donors (Lipinski definition) is 0. The van der Waals surface area contributed by atoms with E-state index in [-0.39, 0.29) is 0 Å². The van der Waals surface area contributed by atoms with E-state index in [2.05, 4.69) is 81.3 Å². The molecule has 2 heterocycles. The maximum absolute atomic E-state index is 4.20. The lowest BCUT2D eigenvalue weighted by atomic mass is 9.93. The standard InChI is InChI=1S/C19H19N3/c1-3-7-16(8-4-1)19(17-9-5-2-6-10-17)22-13-11-18(22)21-14-12-20-15-21/h1-10,12,14-15,18-19H,11,13H2. The molecule has 1 unspecified atom stereocenters. The Labute approximate surface area is 130 Å². The molecule has 0 aliphatic carbocycles. The molecule has 3 nitrogen and oxygen atoms in total. The highest BCUT2D eigenvalue weighted by Crippen LogP contribution is 2.40. The van der Waals surface area contributed by atoms with Crippen LogP contribution in [0.2, 0.25) is 0 Å². The predicted octanol–water partition coefficient (Wildman–Crippen LogP) is 3.88. The number of hydrogen-bond acceptors (Lipinski definition) is 2. The van der Waals surface area contributed by atoms with Gasteiger partial charge in [0, 0.05) is 18.9 Å². The summed E-state index contributed by atoms with van der Waals surface area (Å²) in [6.07, 6.45) is 7.41. The number of aromatic nitrogens is 2. The van der Waals surface area contributed by atoms with Gasteiger partial charge >= 0.3 is 0 Å². The number of likely N-dealkylation sites (tertiary alicyclic amines) is 1. The van der Waals surface area contributed by atoms with Crippen LogP contribution >= 0.6 is 0 Å². The number of benzene rings is 2. The maximum Gasteiger partial charge on any atom is 0.0959 e. The van der Waals surface area contributed by atoms with Crippen LogP contribution in [0.4, 0.5) is 0 Å². The van der Waals surface area contributed by atoms with Crippen LogP contribution in [0.25, 0.3) is 0 Å². The summed E-state index contributed by atoms with van der Waals surface area (Å²) in [7, 11) is 0. The Morgan fingerprint density at radius 2 is 1.55 bits per heavy atom. The van der Waals surface area contributed by atoms with E-state index in [1.165, 1.54) is 17.5 Å². The van der Waals surface area contributed by atoms with Gasteiger partial charge in [-0.25, -0.2) is 4.98 Å². The number of rotatable bonds is 4. The first-order valence-electron chi connectivity index (χ1n) is 7.76. The van der Waals surface area contributed by atoms with Gasteiger partial charge in [-0.15, -0.1) is 0 Å². The summed E-state index contributed by atoms with van der Waals surface area (Å²) in [4.78, 5) is 6.75. The molecule has 1 aliphatic rings. The molecular weight excluding hydrogens is 270 g/mol. The molecule has 22 heavy (non-hydrogen) atoms. The monoisotopic (exact) mass is 289 g/mol. The molecule has 0 spiro atoms. The second-order valence-corrected chi connectivity index (χ2v) is 5.74. The average Bonchev–Trinajstić information content (AvgIpc) is 3.07. The number of nitrogens with zero attached hydrogens (tertiary/aromatic N) is 3. The summed E-state index contributed by atoms with van der Waals surface area (Å²) in [5.41, 5.74) is 2.69. The molecular formula is C19H19N3. The van der Waals surface area contributed by atoms with Gasteiger partial charge < -0.3 is 4.57 Å². The van der Waals surface area contributed by atoms with E-state index < -0.39 is 0 Å². The van der Waals surface area contributed by atoms with Crippen molar-refractivity contribution in [2.24, 2.45) is 0 Å². The van der Waals surface area contributed by atoms with Crippen molar-refractivity contribution in [2.75, 3.05) is 6.54 Å². The van der Waals surface area contributed by atoms with Gasteiger partial charge in [0.25, 0.3) is 0 Å². The average molecular weight is 289 g/mol. The van der Waals surface area contributed by atoms with E-state index in [9.17, 15) is 0 Å². The molecule has 0 amide bonds. The highest BCUT2D eigenvalue weighted by molar-refractivity contribution is 5.32. The van der Waals surface area contributed by atoms with Gasteiger partial charge in [0.05, 0.1) is 18.5 Å². The summed E-state index contributed by atoms with van der Waals surface area (Å²) >= 11 is 0. The number of imidazole rings is 1. The lowest BCUT2D eigenvalue weighted by Crippen LogP contribution is -2.46. The Morgan fingerprint density at radius 1 is 0.909 bits per heavy atom. The van der Waals surface area contributed by atoms with Gasteiger partial charge in [0.1, 0.15) is 0 Å². The minimum atomic E-state index is 0.295. The quantitative estimate of drug-likeness (QED) is 0.727. The SMILES string of the molecule is c1ccc(C(c2ccccc2)N2CCC2n2ccnc2)cc1. The van der Waals surface area contributed by atoms with Crippen molar-refractivity contribution in [1.29, 1.82) is 0 Å². The summed E-state index contributed by atoms with van der Waals surface area (Å²) in [6, 6.07) is 21.8. The molecule has 1 fully saturated rings. The molecule has 0 radical (unpaired) electrons. The fourth-order valence-corrected chi connectivity index (χ4v) is 3.31. The predicted molar refractivity (Wildman–Crippen MR) is 87.3 cm³/mol. The van der Waals surface area contributed by atoms with Gasteiger partial charge in [-0.3, -0.25) is 4.90 Å². The van der Waals surface area contributed by atoms with Crippen molar-refractivity contribution in [3.63, 3.8) is 0 Å². The zero-order valence-corrected chi connectivity index (χ0v) is 12.4. The van der Waals surface area contributed by atoms with Gasteiger partial charge in [0.15, 0.2) is 0 Å². The van der Waals surface area contributed by atoms with E-state index in [0.29, 0.717) is 12.2 Å². The summed E-state index contributed by atoms with van der Waals surface area (Å²) in [6.45, 7) is 1.11. The first-order chi connectivity index (χ1) is 10.9. The molecule has 1 aromatic heterocycles. The van der Waals surface area contributed by atoms with Gasteiger partial charge in [0.2, 0.25) is 0 Å². The first kappa shape index (κ1) is 13.3. The molecule has 110 valence electrons. The van der Waals surface area contributed by atoms with Crippen molar-refractivity contribution < 1.29 is 0 Å². The molecule has 0 bridgehead atoms. The minimum absolute atomic E-state index is 0.295. The summed E-state index contributed by atoms with van der Waals surface area (Å²) < 4.78 is 2.21. The van der Waals surface area contributed by atoms with E-state index in [4.69, 9.17) is 0 Å². The van der Waals surface area contributed by atoms with E-state index in [0.717, 1.165) is 6.54 Å². The third-order valence-electron chi connectivity index (χ3n) is 4.46. The third-order valence-corrected chi connectivity index (χ3v) is 4.46. The smallest absolute Gasteiger partial charge is 0.0959 e. The molecule has 2 aromatic carbocycles. The first-order valence-corrected chi connectivity index (χ1v) is 7.76. The summed E-state index contributed by atoms with van der Waals surface area (Å²) in [5, 5.41) is 0. The highest BCUT2D eigenvalue weighted by atomic mass is 15.4. The van der Waals surface area contributed by atoms with Crippen LogP contribution in [0.3, 0.4) is 0 Å². The molecule has 0 saturated carbocycles. The van der Waals surface area contributed by atoms with Crippen molar-refractivity contribution in [3.8, 4) is 0 Å². The Kier molecular flexibility index (Phi) is 3.49. The second-order valence-electron chi connectivity index (χ2n) is 5.74. The van der Waals surface area contributed by atoms with Crippen molar-refractivity contribution in [1.82, 2.24) is 14.5 Å². The fourth-order valence-electron chi connectivity index (χ4n) is 3.31. The third kappa shape index (κ3) is 2.34. The van der Waals surface area contributed by atoms with Gasteiger partial charge in [-0.1, -0.05) is 60.7 Å². The molecule has 4 rings (SSSR count). The maximum atomic E-state index is 4.20. The Bertz CT molecular complexity index is 667. The van der Waals surface area contributed by atoms with Gasteiger partial charge in [-0.2, -0.15) is 0 Å². The molecule has 3 aromatic rings. The fraction of sp³-hybridized carbons (Fsp3) is 0.211. The van der Waals surface area contributed by atoms with E-state index >= 15 is 0 Å². The van der Waals surface area contributed by atoms with Crippen LogP contribution in [-0.4, -0.2) is 21.0 Å². The molecule has 1 saturated heterocycles. The Balaban J connectivity index is 1.72. The Hall–Kier alpha value is -2.39. The van der Waals surface area contributed by atoms with Crippen LogP contribution in [0.1, 0.15) is 29.8 Å². The van der Waals surface area contributed by atoms with Crippen molar-refractivity contribution in [2.45, 2.75) is 18.6 Å². The molecule has 0 N–H and O–H groups in total. The molecule has 1 atom stereocenters. The minimum Gasteiger partial charge on any atom is -0.321 e. The van der Waals surface area contributed by atoms with Crippen LogP contribution in [0, 0.1) is 0 Å². The Morgan fingerprint density at radius 3 is 2.00 bits per heavy atom. The van der Waals surface area contributed by atoms with Crippen LogP contribution in [-0.2, 0) is 0 Å². The highest BCUT2D eigenvalue weighted by Gasteiger charge is 2.36. The lowest BCUT2D eigenvalue weighted by molar-refractivity contribution is 0.00710. The summed E-state index contributed by atoms with van der Waals surface area (Å²) in [5.74, 6) is 0. The van der Waals surface area contributed by atoms with E-state index in [1.807, 2.05) is 12.5 Å². The largest absolute Gasteiger partial charge is 0.321 e. The van der Waals surface area contributed by atoms with E-state index in [1.54, 1.807) is 0 Å². The second kappa shape index (κ2) is 5.78. The van der Waals surface area contributed by atoms with Crippen molar-refractivity contribution >= 4 is 0 Å².